The average Bonchev–Trinajstić information content (AvgIpc) is 2.51. The van der Waals surface area contributed by atoms with Gasteiger partial charge in [-0.1, -0.05) is 26.3 Å². The smallest absolute Gasteiger partial charge is 0.376 e. The van der Waals surface area contributed by atoms with E-state index in [4.69, 9.17) is 0 Å². The topological polar surface area (TPSA) is 110 Å². The molecule has 2 aromatic rings. The van der Waals surface area contributed by atoms with Gasteiger partial charge in [0.2, 0.25) is 5.82 Å². The summed E-state index contributed by atoms with van der Waals surface area (Å²) in [5.41, 5.74) is -1.06. The number of aliphatic hydroxyl groups excluding tert-OH is 1. The Kier molecular flexibility index (Phi) is 4.71. The van der Waals surface area contributed by atoms with E-state index in [1.807, 2.05) is 13.8 Å². The lowest BCUT2D eigenvalue weighted by Gasteiger charge is -2.22. The monoisotopic (exact) mass is 306 g/mol. The fourth-order valence-corrected chi connectivity index (χ4v) is 2.17. The molecule has 0 fully saturated rings. The highest BCUT2D eigenvalue weighted by Crippen LogP contribution is 2.21. The highest BCUT2D eigenvalue weighted by atomic mass is 16.6. The Bertz CT molecular complexity index is 743. The van der Waals surface area contributed by atoms with Crippen LogP contribution in [0.3, 0.4) is 0 Å². The molecule has 0 unspecified atom stereocenters. The van der Waals surface area contributed by atoms with Gasteiger partial charge in [0.1, 0.15) is 5.65 Å². The first-order valence-electron chi connectivity index (χ1n) is 7.02. The van der Waals surface area contributed by atoms with Crippen molar-refractivity contribution in [2.24, 2.45) is 5.92 Å². The summed E-state index contributed by atoms with van der Waals surface area (Å²) < 4.78 is 1.13. The van der Waals surface area contributed by atoms with Crippen molar-refractivity contribution >= 4 is 17.2 Å². The number of aliphatic hydroxyl groups is 1. The minimum Gasteiger partial charge on any atom is -0.394 e. The Morgan fingerprint density at radius 3 is 2.82 bits per heavy atom. The first-order valence-corrected chi connectivity index (χ1v) is 7.02. The van der Waals surface area contributed by atoms with Crippen molar-refractivity contribution in [2.75, 3.05) is 11.9 Å². The molecule has 22 heavy (non-hydrogen) atoms. The Morgan fingerprint density at radius 1 is 1.50 bits per heavy atom. The minimum absolute atomic E-state index is 0.0700. The number of rotatable bonds is 6. The summed E-state index contributed by atoms with van der Waals surface area (Å²) in [5, 5.41) is 23.5. The van der Waals surface area contributed by atoms with Gasteiger partial charge >= 0.3 is 11.2 Å². The molecular formula is C14H18N4O4. The number of fused-ring (bicyclic) bond motifs is 1. The maximum atomic E-state index is 12.3. The molecule has 0 aliphatic carbocycles. The molecule has 2 aromatic heterocycles. The van der Waals surface area contributed by atoms with Crippen molar-refractivity contribution < 1.29 is 10.0 Å². The number of anilines is 1. The third-order valence-corrected chi connectivity index (χ3v) is 3.74. The van der Waals surface area contributed by atoms with Crippen molar-refractivity contribution in [1.29, 1.82) is 0 Å². The molecule has 0 aromatic carbocycles. The predicted octanol–water partition coefficient (Wildman–Crippen LogP) is 1.42. The zero-order chi connectivity index (χ0) is 16.3. The molecule has 0 saturated carbocycles. The van der Waals surface area contributed by atoms with Crippen molar-refractivity contribution in [1.82, 2.24) is 9.38 Å². The summed E-state index contributed by atoms with van der Waals surface area (Å²) in [6.45, 7) is 3.65. The van der Waals surface area contributed by atoms with Gasteiger partial charge in [-0.05, 0) is 18.1 Å². The number of nitro groups is 1. The standard InChI is InChI=1S/C14H18N4O4/c1-3-9(2)10(8-19)15-13-12(18(21)22)14(20)17-7-5-4-6-11(17)16-13/h4-7,9-10,15,19H,3,8H2,1-2H3/t9-,10+/m0/s1. The highest BCUT2D eigenvalue weighted by molar-refractivity contribution is 5.60. The largest absolute Gasteiger partial charge is 0.394 e. The highest BCUT2D eigenvalue weighted by Gasteiger charge is 2.26. The van der Waals surface area contributed by atoms with Gasteiger partial charge in [0.15, 0.2) is 0 Å². The van der Waals surface area contributed by atoms with Crippen molar-refractivity contribution in [3.8, 4) is 0 Å². The van der Waals surface area contributed by atoms with Crippen molar-refractivity contribution in [3.63, 3.8) is 0 Å². The van der Waals surface area contributed by atoms with Gasteiger partial charge < -0.3 is 10.4 Å². The van der Waals surface area contributed by atoms with Crippen LogP contribution < -0.4 is 10.9 Å². The molecule has 0 amide bonds. The fourth-order valence-electron chi connectivity index (χ4n) is 2.17. The Balaban J connectivity index is 2.59. The van der Waals surface area contributed by atoms with Crippen LogP contribution in [0.2, 0.25) is 0 Å². The SMILES string of the molecule is CC[C@H](C)[C@@H](CO)Nc1nc2ccccn2c(=O)c1[N+](=O)[O-]. The lowest BCUT2D eigenvalue weighted by atomic mass is 10.00. The van der Waals surface area contributed by atoms with Gasteiger partial charge in [-0.2, -0.15) is 0 Å². The van der Waals surface area contributed by atoms with Crippen LogP contribution in [0.15, 0.2) is 29.2 Å². The minimum atomic E-state index is -0.751. The number of nitrogens with zero attached hydrogens (tertiary/aromatic N) is 3. The van der Waals surface area contributed by atoms with E-state index < -0.39 is 22.2 Å². The van der Waals surface area contributed by atoms with Crippen LogP contribution in [0, 0.1) is 16.0 Å². The van der Waals surface area contributed by atoms with Crippen LogP contribution in [0.5, 0.6) is 0 Å². The molecule has 2 atom stereocenters. The van der Waals surface area contributed by atoms with Crippen LogP contribution in [0.4, 0.5) is 11.5 Å². The Hall–Kier alpha value is -2.48. The lowest BCUT2D eigenvalue weighted by Crippen LogP contribution is -2.33. The number of hydrogen-bond donors (Lipinski definition) is 2. The van der Waals surface area contributed by atoms with E-state index in [-0.39, 0.29) is 18.3 Å². The van der Waals surface area contributed by atoms with Crippen molar-refractivity contribution in [3.05, 3.63) is 44.9 Å². The molecule has 2 rings (SSSR count). The molecule has 2 N–H and O–H groups in total. The van der Waals surface area contributed by atoms with Crippen LogP contribution >= 0.6 is 0 Å². The quantitative estimate of drug-likeness (QED) is 0.617. The van der Waals surface area contributed by atoms with Crippen LogP contribution in [0.1, 0.15) is 20.3 Å². The van der Waals surface area contributed by atoms with E-state index in [9.17, 15) is 20.0 Å². The lowest BCUT2D eigenvalue weighted by molar-refractivity contribution is -0.385. The van der Waals surface area contributed by atoms with Crippen molar-refractivity contribution in [2.45, 2.75) is 26.3 Å². The predicted molar refractivity (Wildman–Crippen MR) is 82.1 cm³/mol. The van der Waals surface area contributed by atoms with Crippen LogP contribution in [-0.4, -0.2) is 32.1 Å². The zero-order valence-corrected chi connectivity index (χ0v) is 12.4. The summed E-state index contributed by atoms with van der Waals surface area (Å²) in [6.07, 6.45) is 2.21. The number of pyridine rings is 1. The number of hydrogen-bond acceptors (Lipinski definition) is 6. The summed E-state index contributed by atoms with van der Waals surface area (Å²) in [7, 11) is 0. The second-order valence-electron chi connectivity index (χ2n) is 5.12. The second kappa shape index (κ2) is 6.52. The van der Waals surface area contributed by atoms with E-state index in [0.29, 0.717) is 5.65 Å². The molecule has 0 spiro atoms. The zero-order valence-electron chi connectivity index (χ0n) is 12.4. The third-order valence-electron chi connectivity index (χ3n) is 3.74. The average molecular weight is 306 g/mol. The summed E-state index contributed by atoms with van der Waals surface area (Å²) >= 11 is 0. The Morgan fingerprint density at radius 2 is 2.23 bits per heavy atom. The van der Waals surface area contributed by atoms with Gasteiger partial charge in [-0.3, -0.25) is 19.3 Å². The Labute approximate surface area is 126 Å². The van der Waals surface area contributed by atoms with E-state index >= 15 is 0 Å². The first kappa shape index (κ1) is 15.9. The van der Waals surface area contributed by atoms with E-state index in [1.54, 1.807) is 18.2 Å². The molecule has 0 saturated heterocycles. The molecule has 2 heterocycles. The van der Waals surface area contributed by atoms with E-state index in [2.05, 4.69) is 10.3 Å². The molecular weight excluding hydrogens is 288 g/mol. The van der Waals surface area contributed by atoms with Gasteiger partial charge in [0.25, 0.3) is 0 Å². The van der Waals surface area contributed by atoms with Gasteiger partial charge in [0.05, 0.1) is 17.6 Å². The van der Waals surface area contributed by atoms with Crippen LogP contribution in [0.25, 0.3) is 5.65 Å². The summed E-state index contributed by atoms with van der Waals surface area (Å²) in [4.78, 5) is 26.9. The van der Waals surface area contributed by atoms with Gasteiger partial charge in [-0.15, -0.1) is 0 Å². The fraction of sp³-hybridized carbons (Fsp3) is 0.429. The summed E-state index contributed by atoms with van der Waals surface area (Å²) in [6, 6.07) is 4.47. The molecule has 0 aliphatic heterocycles. The maximum absolute atomic E-state index is 12.3. The second-order valence-corrected chi connectivity index (χ2v) is 5.12. The molecule has 8 heteroatoms. The van der Waals surface area contributed by atoms with E-state index in [1.165, 1.54) is 6.20 Å². The third kappa shape index (κ3) is 2.91. The van der Waals surface area contributed by atoms with Gasteiger partial charge in [0, 0.05) is 6.20 Å². The molecule has 8 nitrogen and oxygen atoms in total. The maximum Gasteiger partial charge on any atom is 0.376 e. The first-order chi connectivity index (χ1) is 10.5. The van der Waals surface area contributed by atoms with E-state index in [0.717, 1.165) is 10.8 Å². The van der Waals surface area contributed by atoms with Crippen LogP contribution in [-0.2, 0) is 0 Å². The number of nitrogens with one attached hydrogen (secondary N) is 1. The molecule has 118 valence electrons. The van der Waals surface area contributed by atoms with Gasteiger partial charge in [-0.25, -0.2) is 4.98 Å². The number of aromatic nitrogens is 2. The summed E-state index contributed by atoms with van der Waals surface area (Å²) in [5.74, 6) is -0.0406. The molecule has 0 aliphatic rings. The normalized spacial score (nSPS) is 13.8. The molecule has 0 bridgehead atoms. The molecule has 0 radical (unpaired) electrons.